The summed E-state index contributed by atoms with van der Waals surface area (Å²) in [6.45, 7) is 3.76. The Morgan fingerprint density at radius 2 is 1.61 bits per heavy atom. The van der Waals surface area contributed by atoms with E-state index >= 15 is 0 Å². The molecule has 0 N–H and O–H groups in total. The van der Waals surface area contributed by atoms with Gasteiger partial charge in [0, 0.05) is 46.8 Å². The van der Waals surface area contributed by atoms with Gasteiger partial charge in [0.05, 0.1) is 4.90 Å². The van der Waals surface area contributed by atoms with Crippen molar-refractivity contribution in [2.75, 3.05) is 13.1 Å². The van der Waals surface area contributed by atoms with Crippen molar-refractivity contribution in [2.24, 2.45) is 0 Å². The first-order valence-electron chi connectivity index (χ1n) is 11.0. The summed E-state index contributed by atoms with van der Waals surface area (Å²) in [5.41, 5.74) is 5.99. The van der Waals surface area contributed by atoms with E-state index < -0.39 is 10.0 Å². The molecule has 0 amide bonds. The number of hydrogen-bond donors (Lipinski definition) is 0. The molecule has 4 nitrogen and oxygen atoms in total. The predicted molar refractivity (Wildman–Crippen MR) is 135 cm³/mol. The first-order valence-corrected chi connectivity index (χ1v) is 12.8. The van der Waals surface area contributed by atoms with Crippen LogP contribution in [0.4, 0.5) is 0 Å². The molecule has 0 fully saturated rings. The van der Waals surface area contributed by atoms with Crippen LogP contribution in [0.5, 0.6) is 0 Å². The third kappa shape index (κ3) is 4.12. The Balaban J connectivity index is 1.49. The zero-order chi connectivity index (χ0) is 23.0. The van der Waals surface area contributed by atoms with Gasteiger partial charge in [-0.25, -0.2) is 8.42 Å². The molecule has 1 aliphatic rings. The van der Waals surface area contributed by atoms with E-state index in [1.165, 1.54) is 33.3 Å². The van der Waals surface area contributed by atoms with Gasteiger partial charge in [-0.15, -0.1) is 0 Å². The van der Waals surface area contributed by atoms with Crippen LogP contribution in [0.1, 0.15) is 23.2 Å². The molecule has 0 spiro atoms. The smallest absolute Gasteiger partial charge is 0.243 e. The minimum Gasteiger partial charge on any atom is -0.340 e. The van der Waals surface area contributed by atoms with E-state index in [4.69, 9.17) is 11.6 Å². The van der Waals surface area contributed by atoms with Crippen LogP contribution in [-0.2, 0) is 16.6 Å². The molecule has 1 aromatic heterocycles. The zero-order valence-electron chi connectivity index (χ0n) is 18.4. The topological polar surface area (TPSA) is 42.3 Å². The van der Waals surface area contributed by atoms with Crippen LogP contribution in [0.15, 0.2) is 89.8 Å². The Hall–Kier alpha value is -2.86. The average Bonchev–Trinajstić information content (AvgIpc) is 3.12. The summed E-state index contributed by atoms with van der Waals surface area (Å²) in [6.07, 6.45) is 2.76. The highest BCUT2D eigenvalue weighted by Crippen LogP contribution is 2.35. The van der Waals surface area contributed by atoms with Gasteiger partial charge in [-0.05, 0) is 54.8 Å². The summed E-state index contributed by atoms with van der Waals surface area (Å²) in [4.78, 5) is 0.345. The Morgan fingerprint density at radius 3 is 2.30 bits per heavy atom. The van der Waals surface area contributed by atoms with Gasteiger partial charge in [-0.1, -0.05) is 66.2 Å². The maximum atomic E-state index is 13.0. The molecule has 0 saturated carbocycles. The molecule has 4 aromatic rings. The van der Waals surface area contributed by atoms with Crippen molar-refractivity contribution in [3.05, 3.63) is 107 Å². The summed E-state index contributed by atoms with van der Waals surface area (Å²) < 4.78 is 29.9. The summed E-state index contributed by atoms with van der Waals surface area (Å²) in [7, 11) is -3.49. The van der Waals surface area contributed by atoms with Crippen LogP contribution >= 0.6 is 11.6 Å². The van der Waals surface area contributed by atoms with Crippen LogP contribution in [0.25, 0.3) is 16.5 Å². The number of rotatable bonds is 5. The molecule has 0 unspecified atom stereocenters. The van der Waals surface area contributed by atoms with Gasteiger partial charge < -0.3 is 4.57 Å². The molecule has 3 aromatic carbocycles. The lowest BCUT2D eigenvalue weighted by molar-refractivity contribution is 0.441. The molecule has 0 radical (unpaired) electrons. The van der Waals surface area contributed by atoms with Gasteiger partial charge in [-0.3, -0.25) is 0 Å². The van der Waals surface area contributed by atoms with Crippen molar-refractivity contribution in [1.82, 2.24) is 8.87 Å². The fourth-order valence-electron chi connectivity index (χ4n) is 4.65. The number of halogens is 1. The Labute approximate surface area is 199 Å². The minimum atomic E-state index is -3.49. The maximum Gasteiger partial charge on any atom is 0.243 e. The number of aromatic nitrogens is 1. The third-order valence-electron chi connectivity index (χ3n) is 6.36. The number of hydrogen-bond acceptors (Lipinski definition) is 2. The molecule has 2 heterocycles. The van der Waals surface area contributed by atoms with Gasteiger partial charge in [0.2, 0.25) is 10.0 Å². The van der Waals surface area contributed by atoms with E-state index in [9.17, 15) is 8.42 Å². The number of nitrogens with zero attached hydrogens (tertiary/aromatic N) is 2. The van der Waals surface area contributed by atoms with E-state index in [0.717, 1.165) is 11.6 Å². The van der Waals surface area contributed by atoms with Crippen LogP contribution < -0.4 is 0 Å². The highest BCUT2D eigenvalue weighted by Gasteiger charge is 2.27. The second kappa shape index (κ2) is 8.82. The van der Waals surface area contributed by atoms with Crippen molar-refractivity contribution < 1.29 is 8.42 Å². The molecule has 6 heteroatoms. The minimum absolute atomic E-state index is 0.345. The number of fused-ring (bicyclic) bond motifs is 1. The third-order valence-corrected chi connectivity index (χ3v) is 8.49. The second-order valence-electron chi connectivity index (χ2n) is 8.35. The van der Waals surface area contributed by atoms with Crippen LogP contribution in [-0.4, -0.2) is 30.4 Å². The summed E-state index contributed by atoms with van der Waals surface area (Å²) in [6, 6.07) is 25.1. The summed E-state index contributed by atoms with van der Waals surface area (Å²) >= 11 is 6.07. The van der Waals surface area contributed by atoms with Crippen molar-refractivity contribution >= 4 is 38.1 Å². The lowest BCUT2D eigenvalue weighted by Crippen LogP contribution is -2.34. The molecule has 0 bridgehead atoms. The maximum absolute atomic E-state index is 13.0. The van der Waals surface area contributed by atoms with Gasteiger partial charge in [0.1, 0.15) is 0 Å². The first-order chi connectivity index (χ1) is 15.9. The predicted octanol–water partition coefficient (Wildman–Crippen LogP) is 6.13. The standard InChI is InChI=1S/C27H25ClN2O2S/c1-20-27(22-15-17-29(18-16-22)33(31,32)24-7-3-2-4-8-24)25-9-5-6-10-26(25)30(20)19-21-11-13-23(28)14-12-21/h2-15H,16-19H2,1H3. The SMILES string of the molecule is Cc1c(C2=CCN(S(=O)(=O)c3ccccc3)CC2)c2ccccc2n1Cc1ccc(Cl)cc1. The fraction of sp³-hybridized carbons (Fsp3) is 0.185. The van der Waals surface area contributed by atoms with E-state index in [0.29, 0.717) is 24.4 Å². The largest absolute Gasteiger partial charge is 0.340 e. The van der Waals surface area contributed by atoms with E-state index in [1.54, 1.807) is 28.6 Å². The Morgan fingerprint density at radius 1 is 0.909 bits per heavy atom. The van der Waals surface area contributed by atoms with Crippen molar-refractivity contribution in [3.8, 4) is 0 Å². The zero-order valence-corrected chi connectivity index (χ0v) is 20.0. The molecular formula is C27H25ClN2O2S. The van der Waals surface area contributed by atoms with Gasteiger partial charge >= 0.3 is 0 Å². The Kier molecular flexibility index (Phi) is 5.87. The fourth-order valence-corrected chi connectivity index (χ4v) is 6.18. The highest BCUT2D eigenvalue weighted by atomic mass is 35.5. The molecule has 0 saturated heterocycles. The second-order valence-corrected chi connectivity index (χ2v) is 10.7. The molecular weight excluding hydrogens is 452 g/mol. The molecule has 5 rings (SSSR count). The van der Waals surface area contributed by atoms with E-state index in [-0.39, 0.29) is 0 Å². The van der Waals surface area contributed by atoms with Crippen molar-refractivity contribution in [3.63, 3.8) is 0 Å². The number of benzene rings is 3. The molecule has 1 aliphatic heterocycles. The van der Waals surface area contributed by atoms with E-state index in [2.05, 4.69) is 54.0 Å². The van der Waals surface area contributed by atoms with Crippen LogP contribution in [0.3, 0.4) is 0 Å². The average molecular weight is 477 g/mol. The van der Waals surface area contributed by atoms with Crippen molar-refractivity contribution in [1.29, 1.82) is 0 Å². The van der Waals surface area contributed by atoms with Crippen LogP contribution in [0.2, 0.25) is 5.02 Å². The Bertz CT molecular complexity index is 1440. The normalized spacial score (nSPS) is 15.0. The molecule has 0 aliphatic carbocycles. The first kappa shape index (κ1) is 22.0. The summed E-state index contributed by atoms with van der Waals surface area (Å²) in [5.74, 6) is 0. The molecule has 168 valence electrons. The molecule has 33 heavy (non-hydrogen) atoms. The quantitative estimate of drug-likeness (QED) is 0.347. The highest BCUT2D eigenvalue weighted by molar-refractivity contribution is 7.89. The van der Waals surface area contributed by atoms with Gasteiger partial charge in [-0.2, -0.15) is 4.31 Å². The summed E-state index contributed by atoms with van der Waals surface area (Å²) in [5, 5.41) is 1.94. The molecule has 0 atom stereocenters. The lowest BCUT2D eigenvalue weighted by Gasteiger charge is -2.26. The van der Waals surface area contributed by atoms with Gasteiger partial charge in [0.15, 0.2) is 0 Å². The van der Waals surface area contributed by atoms with Crippen LogP contribution in [0, 0.1) is 6.92 Å². The lowest BCUT2D eigenvalue weighted by atomic mass is 9.97. The number of sulfonamides is 1. The van der Waals surface area contributed by atoms with Crippen molar-refractivity contribution in [2.45, 2.75) is 24.8 Å². The van der Waals surface area contributed by atoms with Gasteiger partial charge in [0.25, 0.3) is 0 Å². The van der Waals surface area contributed by atoms with E-state index in [1.807, 2.05) is 18.2 Å². The monoisotopic (exact) mass is 476 g/mol. The number of para-hydroxylation sites is 1.